The quantitative estimate of drug-likeness (QED) is 0.349. The van der Waals surface area contributed by atoms with Crippen molar-refractivity contribution < 1.29 is 4.74 Å². The first-order valence-electron chi connectivity index (χ1n) is 9.76. The van der Waals surface area contributed by atoms with Gasteiger partial charge in [-0.2, -0.15) is 0 Å². The van der Waals surface area contributed by atoms with Gasteiger partial charge in [0.1, 0.15) is 5.75 Å². The number of aryl methyl sites for hydroxylation is 2. The fraction of sp³-hybridized carbons (Fsp3) is 0.0769. The zero-order valence-electron chi connectivity index (χ0n) is 16.7. The van der Waals surface area contributed by atoms with E-state index < -0.39 is 0 Å². The van der Waals surface area contributed by atoms with E-state index in [1.165, 1.54) is 28.5 Å². The summed E-state index contributed by atoms with van der Waals surface area (Å²) in [5, 5.41) is 22.4. The molecule has 1 aliphatic heterocycles. The Hall–Kier alpha value is -3.37. The van der Waals surface area contributed by atoms with Crippen molar-refractivity contribution in [2.45, 2.75) is 18.7 Å². The molecular formula is C26H20N2OS. The van der Waals surface area contributed by atoms with Gasteiger partial charge < -0.3 is 15.6 Å². The molecule has 1 aliphatic rings. The predicted octanol–water partition coefficient (Wildman–Crippen LogP) is 5.31. The van der Waals surface area contributed by atoms with Gasteiger partial charge in [-0.25, -0.2) is 0 Å². The van der Waals surface area contributed by atoms with Crippen LogP contribution in [0.5, 0.6) is 5.75 Å². The molecule has 0 spiro atoms. The summed E-state index contributed by atoms with van der Waals surface area (Å²) in [7, 11) is 0. The van der Waals surface area contributed by atoms with Gasteiger partial charge in [0, 0.05) is 23.2 Å². The maximum absolute atomic E-state index is 7.48. The highest BCUT2D eigenvalue weighted by atomic mass is 32.2. The van der Waals surface area contributed by atoms with Gasteiger partial charge in [-0.1, -0.05) is 24.3 Å². The molecule has 1 heterocycles. The molecule has 30 heavy (non-hydrogen) atoms. The van der Waals surface area contributed by atoms with Gasteiger partial charge in [-0.15, -0.1) is 0 Å². The normalized spacial score (nSPS) is 14.5. The first kappa shape index (κ1) is 18.6. The molecule has 4 aromatic carbocycles. The monoisotopic (exact) mass is 408 g/mol. The summed E-state index contributed by atoms with van der Waals surface area (Å²) in [6, 6.07) is 21.2. The Labute approximate surface area is 178 Å². The van der Waals surface area contributed by atoms with E-state index in [4.69, 9.17) is 15.6 Å². The van der Waals surface area contributed by atoms with Gasteiger partial charge in [0.25, 0.3) is 0 Å². The van der Waals surface area contributed by atoms with E-state index in [0.29, 0.717) is 5.57 Å². The van der Waals surface area contributed by atoms with E-state index in [1.54, 1.807) is 11.8 Å². The summed E-state index contributed by atoms with van der Waals surface area (Å²) >= 11 is 1.68. The number of ether oxygens (including phenoxy) is 1. The molecule has 0 radical (unpaired) electrons. The summed E-state index contributed by atoms with van der Waals surface area (Å²) in [5.74, 6) is 0.939. The van der Waals surface area contributed by atoms with Crippen molar-refractivity contribution in [3.63, 3.8) is 0 Å². The highest BCUT2D eigenvalue weighted by Gasteiger charge is 2.20. The summed E-state index contributed by atoms with van der Waals surface area (Å²) in [6.45, 7) is 4.24. The molecule has 146 valence electrons. The molecule has 0 saturated heterocycles. The Bertz CT molecular complexity index is 1460. The van der Waals surface area contributed by atoms with Crippen LogP contribution in [0.2, 0.25) is 0 Å². The molecule has 2 N–H and O–H groups in total. The Kier molecular flexibility index (Phi) is 4.44. The van der Waals surface area contributed by atoms with Crippen LogP contribution in [-0.2, 0) is 0 Å². The zero-order chi connectivity index (χ0) is 20.8. The number of nitrogens with one attached hydrogen (secondary N) is 2. The lowest BCUT2D eigenvalue weighted by molar-refractivity contribution is 0.527. The van der Waals surface area contributed by atoms with Crippen LogP contribution in [0.4, 0.5) is 0 Å². The topological polar surface area (TPSA) is 56.9 Å². The van der Waals surface area contributed by atoms with E-state index >= 15 is 0 Å². The first-order chi connectivity index (χ1) is 14.6. The molecule has 0 atom stereocenters. The SMILES string of the molecule is Cc1cc2c(cc1C)S/C(=c1\ccc3cc4cc(=C(C=N)C=N)ccc4cc3c1)O2. The maximum atomic E-state index is 7.48. The third kappa shape index (κ3) is 3.10. The first-order valence-corrected chi connectivity index (χ1v) is 10.6. The molecule has 3 nitrogen and oxygen atoms in total. The maximum Gasteiger partial charge on any atom is 0.173 e. The minimum atomic E-state index is 0.601. The van der Waals surface area contributed by atoms with E-state index in [-0.39, 0.29) is 0 Å². The summed E-state index contributed by atoms with van der Waals surface area (Å²) in [5.41, 5.74) is 3.12. The molecule has 0 fully saturated rings. The Morgan fingerprint density at radius 1 is 0.767 bits per heavy atom. The number of thioether (sulfide) groups is 1. The fourth-order valence-corrected chi connectivity index (χ4v) is 4.79. The Morgan fingerprint density at radius 2 is 1.43 bits per heavy atom. The van der Waals surface area contributed by atoms with Crippen molar-refractivity contribution in [3.8, 4) is 5.75 Å². The molecule has 4 aromatic rings. The van der Waals surface area contributed by atoms with Crippen molar-refractivity contribution >= 4 is 56.4 Å². The molecular weight excluding hydrogens is 388 g/mol. The number of fused-ring (bicyclic) bond motifs is 3. The second kappa shape index (κ2) is 7.15. The summed E-state index contributed by atoms with van der Waals surface area (Å²) < 4.78 is 6.17. The van der Waals surface area contributed by atoms with Crippen LogP contribution in [0.1, 0.15) is 11.1 Å². The second-order valence-electron chi connectivity index (χ2n) is 7.59. The number of rotatable bonds is 2. The highest BCUT2D eigenvalue weighted by Crippen LogP contribution is 2.44. The second-order valence-corrected chi connectivity index (χ2v) is 8.61. The molecule has 0 amide bonds. The molecule has 0 saturated carbocycles. The number of hydrogen-bond donors (Lipinski definition) is 2. The van der Waals surface area contributed by atoms with Crippen molar-refractivity contribution in [2.75, 3.05) is 0 Å². The lowest BCUT2D eigenvalue weighted by Crippen LogP contribution is -2.07. The lowest BCUT2D eigenvalue weighted by atomic mass is 10.0. The third-order valence-corrected chi connectivity index (χ3v) is 6.68. The average molecular weight is 409 g/mol. The molecule has 0 aliphatic carbocycles. The van der Waals surface area contributed by atoms with Gasteiger partial charge in [0.05, 0.1) is 4.90 Å². The molecule has 0 bridgehead atoms. The molecule has 0 unspecified atom stereocenters. The van der Waals surface area contributed by atoms with E-state index in [2.05, 4.69) is 62.4 Å². The Balaban J connectivity index is 1.65. The highest BCUT2D eigenvalue weighted by molar-refractivity contribution is 8.08. The van der Waals surface area contributed by atoms with Crippen LogP contribution in [-0.4, -0.2) is 12.4 Å². The van der Waals surface area contributed by atoms with Crippen LogP contribution >= 0.6 is 11.8 Å². The summed E-state index contributed by atoms with van der Waals surface area (Å²) in [4.78, 5) is 1.17. The standard InChI is InChI=1S/C26H20N2OS/c1-15-7-24-25(8-16(15)2)30-26(29-24)20-6-5-18-9-21-11-19(23(13-27)14-28)4-3-17(21)10-22(18)12-20/h3-14,27-28H,1-2H3/b23-19?,26-20+,27-13?,28-14?. The van der Waals surface area contributed by atoms with Crippen LogP contribution in [0.25, 0.3) is 32.2 Å². The molecule has 5 rings (SSSR count). The van der Waals surface area contributed by atoms with Crippen LogP contribution < -0.4 is 15.2 Å². The average Bonchev–Trinajstić information content (AvgIpc) is 3.15. The van der Waals surface area contributed by atoms with Crippen molar-refractivity contribution in [2.24, 2.45) is 0 Å². The van der Waals surface area contributed by atoms with Gasteiger partial charge in [0.2, 0.25) is 0 Å². The van der Waals surface area contributed by atoms with Crippen molar-refractivity contribution in [1.82, 2.24) is 0 Å². The minimum absolute atomic E-state index is 0.601. The van der Waals surface area contributed by atoms with Gasteiger partial charge >= 0.3 is 0 Å². The third-order valence-electron chi connectivity index (χ3n) is 5.64. The van der Waals surface area contributed by atoms with E-state index in [9.17, 15) is 0 Å². The lowest BCUT2D eigenvalue weighted by Gasteiger charge is -2.05. The summed E-state index contributed by atoms with van der Waals surface area (Å²) in [6.07, 6.45) is 2.44. The fourth-order valence-electron chi connectivity index (χ4n) is 3.77. The number of hydrogen-bond acceptors (Lipinski definition) is 4. The predicted molar refractivity (Wildman–Crippen MR) is 127 cm³/mol. The van der Waals surface area contributed by atoms with Crippen molar-refractivity contribution in [3.05, 3.63) is 82.2 Å². The molecule has 0 aromatic heterocycles. The zero-order valence-corrected chi connectivity index (χ0v) is 17.6. The smallest absolute Gasteiger partial charge is 0.173 e. The van der Waals surface area contributed by atoms with Gasteiger partial charge in [-0.05, 0) is 99.9 Å². The largest absolute Gasteiger partial charge is 0.448 e. The van der Waals surface area contributed by atoms with Crippen LogP contribution in [0.3, 0.4) is 0 Å². The van der Waals surface area contributed by atoms with Gasteiger partial charge in [-0.3, -0.25) is 0 Å². The van der Waals surface area contributed by atoms with Crippen molar-refractivity contribution in [1.29, 1.82) is 10.8 Å². The molecule has 4 heteroatoms. The van der Waals surface area contributed by atoms with E-state index in [0.717, 1.165) is 42.8 Å². The number of benzene rings is 4. The Morgan fingerprint density at radius 3 is 2.17 bits per heavy atom. The van der Waals surface area contributed by atoms with Crippen LogP contribution in [0.15, 0.2) is 65.6 Å². The minimum Gasteiger partial charge on any atom is -0.448 e. The van der Waals surface area contributed by atoms with Gasteiger partial charge in [0.15, 0.2) is 5.09 Å². The van der Waals surface area contributed by atoms with E-state index in [1.807, 2.05) is 12.1 Å². The van der Waals surface area contributed by atoms with Crippen LogP contribution in [0, 0.1) is 24.7 Å².